The summed E-state index contributed by atoms with van der Waals surface area (Å²) in [6.45, 7) is 9.70. The van der Waals surface area contributed by atoms with Gasteiger partial charge in [0.05, 0.1) is 0 Å². The third-order valence-electron chi connectivity index (χ3n) is 4.19. The summed E-state index contributed by atoms with van der Waals surface area (Å²) >= 11 is 0. The van der Waals surface area contributed by atoms with Crippen LogP contribution < -0.4 is 5.32 Å². The van der Waals surface area contributed by atoms with Crippen LogP contribution in [0, 0.1) is 5.41 Å². The SMILES string of the molecule is CCC1CNCCN1CC1(CC)CC1. The zero-order chi connectivity index (χ0) is 10.0. The lowest BCUT2D eigenvalue weighted by atomic mass is 10.0. The fraction of sp³-hybridized carbons (Fsp3) is 1.00. The Hall–Kier alpha value is -0.0800. The summed E-state index contributed by atoms with van der Waals surface area (Å²) in [6, 6.07) is 0.799. The predicted octanol–water partition coefficient (Wildman–Crippen LogP) is 1.86. The summed E-state index contributed by atoms with van der Waals surface area (Å²) in [5, 5.41) is 3.50. The second-order valence-corrected chi connectivity index (χ2v) is 5.09. The molecule has 1 saturated carbocycles. The lowest BCUT2D eigenvalue weighted by Crippen LogP contribution is -2.52. The van der Waals surface area contributed by atoms with Crippen LogP contribution in [0.3, 0.4) is 0 Å². The minimum atomic E-state index is 0.727. The van der Waals surface area contributed by atoms with Gasteiger partial charge >= 0.3 is 0 Å². The highest BCUT2D eigenvalue weighted by atomic mass is 15.2. The zero-order valence-corrected chi connectivity index (χ0v) is 9.68. The molecule has 2 aliphatic rings. The molecule has 0 aromatic rings. The van der Waals surface area contributed by atoms with E-state index in [1.54, 1.807) is 0 Å². The van der Waals surface area contributed by atoms with Crippen molar-refractivity contribution in [1.82, 2.24) is 10.2 Å². The first-order chi connectivity index (χ1) is 6.79. The Morgan fingerprint density at radius 3 is 2.71 bits per heavy atom. The van der Waals surface area contributed by atoms with Crippen LogP contribution in [0.25, 0.3) is 0 Å². The summed E-state index contributed by atoms with van der Waals surface area (Å²) in [7, 11) is 0. The maximum Gasteiger partial charge on any atom is 0.0218 e. The molecule has 0 amide bonds. The number of piperazine rings is 1. The van der Waals surface area contributed by atoms with E-state index in [1.165, 1.54) is 51.9 Å². The van der Waals surface area contributed by atoms with Crippen LogP contribution in [-0.4, -0.2) is 37.1 Å². The summed E-state index contributed by atoms with van der Waals surface area (Å²) in [5.74, 6) is 0. The molecule has 1 atom stereocenters. The lowest BCUT2D eigenvalue weighted by Gasteiger charge is -2.38. The zero-order valence-electron chi connectivity index (χ0n) is 9.68. The Balaban J connectivity index is 1.88. The van der Waals surface area contributed by atoms with Crippen molar-refractivity contribution in [3.05, 3.63) is 0 Å². The third-order valence-corrected chi connectivity index (χ3v) is 4.19. The van der Waals surface area contributed by atoms with E-state index in [9.17, 15) is 0 Å². The van der Waals surface area contributed by atoms with Crippen molar-refractivity contribution < 1.29 is 0 Å². The molecule has 0 aromatic carbocycles. The van der Waals surface area contributed by atoms with Gasteiger partial charge in [-0.15, -0.1) is 0 Å². The van der Waals surface area contributed by atoms with E-state index in [2.05, 4.69) is 24.1 Å². The third kappa shape index (κ3) is 2.12. The molecule has 0 aromatic heterocycles. The van der Waals surface area contributed by atoms with E-state index in [4.69, 9.17) is 0 Å². The van der Waals surface area contributed by atoms with Crippen molar-refractivity contribution in [3.8, 4) is 0 Å². The standard InChI is InChI=1S/C12H24N2/c1-3-11-9-13-7-8-14(11)10-12(4-2)5-6-12/h11,13H,3-10H2,1-2H3. The minimum Gasteiger partial charge on any atom is -0.314 e. The topological polar surface area (TPSA) is 15.3 Å². The van der Waals surface area contributed by atoms with E-state index in [1.807, 2.05) is 0 Å². The van der Waals surface area contributed by atoms with Crippen LogP contribution in [0.15, 0.2) is 0 Å². The van der Waals surface area contributed by atoms with Crippen molar-refractivity contribution in [2.75, 3.05) is 26.2 Å². The van der Waals surface area contributed by atoms with Crippen molar-refractivity contribution in [2.45, 2.75) is 45.6 Å². The molecule has 1 aliphatic heterocycles. The Labute approximate surface area is 88.1 Å². The van der Waals surface area contributed by atoms with Crippen molar-refractivity contribution >= 4 is 0 Å². The van der Waals surface area contributed by atoms with Crippen LogP contribution in [0.5, 0.6) is 0 Å². The minimum absolute atomic E-state index is 0.727. The molecule has 2 rings (SSSR count). The molecule has 2 nitrogen and oxygen atoms in total. The second kappa shape index (κ2) is 4.19. The molecule has 2 fully saturated rings. The van der Waals surface area contributed by atoms with Crippen LogP contribution >= 0.6 is 0 Å². The fourth-order valence-corrected chi connectivity index (χ4v) is 2.64. The van der Waals surface area contributed by atoms with Gasteiger partial charge in [-0.05, 0) is 31.1 Å². The van der Waals surface area contributed by atoms with Gasteiger partial charge in [0, 0.05) is 32.2 Å². The quantitative estimate of drug-likeness (QED) is 0.738. The number of rotatable bonds is 4. The number of nitrogens with one attached hydrogen (secondary N) is 1. The largest absolute Gasteiger partial charge is 0.314 e. The first-order valence-corrected chi connectivity index (χ1v) is 6.24. The lowest BCUT2D eigenvalue weighted by molar-refractivity contribution is 0.125. The first kappa shape index (κ1) is 10.4. The first-order valence-electron chi connectivity index (χ1n) is 6.24. The number of hydrogen-bond acceptors (Lipinski definition) is 2. The molecule has 1 unspecified atom stereocenters. The van der Waals surface area contributed by atoms with E-state index >= 15 is 0 Å². The van der Waals surface area contributed by atoms with E-state index < -0.39 is 0 Å². The van der Waals surface area contributed by atoms with Crippen LogP contribution in [0.4, 0.5) is 0 Å². The molecule has 1 heterocycles. The molecule has 1 saturated heterocycles. The van der Waals surface area contributed by atoms with Gasteiger partial charge in [0.2, 0.25) is 0 Å². The van der Waals surface area contributed by atoms with Crippen LogP contribution in [0.1, 0.15) is 39.5 Å². The highest BCUT2D eigenvalue weighted by Crippen LogP contribution is 2.49. The number of nitrogens with zero attached hydrogens (tertiary/aromatic N) is 1. The molecule has 1 N–H and O–H groups in total. The predicted molar refractivity (Wildman–Crippen MR) is 60.5 cm³/mol. The molecule has 0 spiro atoms. The Morgan fingerprint density at radius 2 is 2.14 bits per heavy atom. The van der Waals surface area contributed by atoms with E-state index in [0.29, 0.717) is 0 Å². The highest BCUT2D eigenvalue weighted by molar-refractivity contribution is 4.96. The summed E-state index contributed by atoms with van der Waals surface area (Å²) in [5.41, 5.74) is 0.727. The normalized spacial score (nSPS) is 31.7. The molecule has 82 valence electrons. The fourth-order valence-electron chi connectivity index (χ4n) is 2.64. The second-order valence-electron chi connectivity index (χ2n) is 5.09. The van der Waals surface area contributed by atoms with Gasteiger partial charge < -0.3 is 5.32 Å². The average molecular weight is 196 g/mol. The average Bonchev–Trinajstić information content (AvgIpc) is 2.99. The smallest absolute Gasteiger partial charge is 0.0218 e. The molecule has 0 radical (unpaired) electrons. The van der Waals surface area contributed by atoms with Crippen molar-refractivity contribution in [3.63, 3.8) is 0 Å². The van der Waals surface area contributed by atoms with E-state index in [0.717, 1.165) is 11.5 Å². The molecule has 2 heteroatoms. The van der Waals surface area contributed by atoms with Gasteiger partial charge in [-0.25, -0.2) is 0 Å². The van der Waals surface area contributed by atoms with E-state index in [-0.39, 0.29) is 0 Å². The maximum atomic E-state index is 3.50. The summed E-state index contributed by atoms with van der Waals surface area (Å²) < 4.78 is 0. The van der Waals surface area contributed by atoms with Crippen LogP contribution in [-0.2, 0) is 0 Å². The maximum absolute atomic E-state index is 3.50. The summed E-state index contributed by atoms with van der Waals surface area (Å²) in [6.07, 6.45) is 5.63. The Kier molecular flexibility index (Phi) is 3.13. The molecule has 0 bridgehead atoms. The van der Waals surface area contributed by atoms with Crippen molar-refractivity contribution in [2.24, 2.45) is 5.41 Å². The molecular weight excluding hydrogens is 172 g/mol. The van der Waals surface area contributed by atoms with Gasteiger partial charge in [0.15, 0.2) is 0 Å². The van der Waals surface area contributed by atoms with Gasteiger partial charge in [-0.3, -0.25) is 4.90 Å². The van der Waals surface area contributed by atoms with Crippen molar-refractivity contribution in [1.29, 1.82) is 0 Å². The molecule has 14 heavy (non-hydrogen) atoms. The van der Waals surface area contributed by atoms with Gasteiger partial charge in [0.1, 0.15) is 0 Å². The molecule has 1 aliphatic carbocycles. The van der Waals surface area contributed by atoms with Crippen LogP contribution in [0.2, 0.25) is 0 Å². The highest BCUT2D eigenvalue weighted by Gasteiger charge is 2.42. The van der Waals surface area contributed by atoms with Gasteiger partial charge in [0.25, 0.3) is 0 Å². The number of hydrogen-bond donors (Lipinski definition) is 1. The monoisotopic (exact) mass is 196 g/mol. The van der Waals surface area contributed by atoms with Gasteiger partial charge in [-0.2, -0.15) is 0 Å². The van der Waals surface area contributed by atoms with Gasteiger partial charge in [-0.1, -0.05) is 13.8 Å². The Bertz CT molecular complexity index is 187. The summed E-state index contributed by atoms with van der Waals surface area (Å²) in [4.78, 5) is 2.73. The Morgan fingerprint density at radius 1 is 1.36 bits per heavy atom. The molecular formula is C12H24N2.